The fourth-order valence-corrected chi connectivity index (χ4v) is 6.12. The molecule has 1 aliphatic heterocycles. The third-order valence-corrected chi connectivity index (χ3v) is 7.79. The molecular weight excluding hydrogens is 388 g/mol. The van der Waals surface area contributed by atoms with Gasteiger partial charge in [-0.2, -0.15) is 0 Å². The maximum absolute atomic E-state index is 13.2. The Morgan fingerprint density at radius 1 is 1.07 bits per heavy atom. The van der Waals surface area contributed by atoms with E-state index in [1.807, 2.05) is 11.3 Å². The molecule has 2 fully saturated rings. The molecule has 1 amide bonds. The number of likely N-dealkylation sites (tertiary alicyclic amines) is 1. The highest BCUT2D eigenvalue weighted by Crippen LogP contribution is 2.36. The molecule has 4 rings (SSSR count). The Balaban J connectivity index is 1.54. The molecule has 30 heavy (non-hydrogen) atoms. The van der Waals surface area contributed by atoms with Crippen LogP contribution in [0, 0.1) is 11.8 Å². The van der Waals surface area contributed by atoms with Gasteiger partial charge in [-0.3, -0.25) is 9.69 Å². The molecule has 0 radical (unpaired) electrons. The van der Waals surface area contributed by atoms with Gasteiger partial charge in [0.1, 0.15) is 0 Å². The first-order valence-electron chi connectivity index (χ1n) is 11.7. The van der Waals surface area contributed by atoms with Crippen LogP contribution < -0.4 is 0 Å². The summed E-state index contributed by atoms with van der Waals surface area (Å²) in [6, 6.07) is 15.8. The van der Waals surface area contributed by atoms with E-state index in [-0.39, 0.29) is 5.92 Å². The molecule has 1 aromatic carbocycles. The summed E-state index contributed by atoms with van der Waals surface area (Å²) in [6.45, 7) is 8.21. The van der Waals surface area contributed by atoms with Crippen molar-refractivity contribution in [1.29, 1.82) is 0 Å². The second-order valence-corrected chi connectivity index (χ2v) is 10.5. The standard InChI is InChI=1S/C26H36N2OS/c1-20(2)26(29)28(23-12-7-4-8-13-23)17-22-16-27(18-24-14-9-15-30-24)19-25(22)21-10-5-3-6-11-21/h3,5-6,9-11,14-15,20,22-23,25H,4,7-8,12-13,16-19H2,1-2H3. The molecule has 2 aliphatic rings. The summed E-state index contributed by atoms with van der Waals surface area (Å²) in [7, 11) is 0. The Hall–Kier alpha value is -1.65. The molecule has 2 atom stereocenters. The van der Waals surface area contributed by atoms with Crippen molar-refractivity contribution in [2.24, 2.45) is 11.8 Å². The van der Waals surface area contributed by atoms with Gasteiger partial charge >= 0.3 is 0 Å². The second-order valence-electron chi connectivity index (χ2n) is 9.49. The van der Waals surface area contributed by atoms with Crippen LogP contribution in [0.1, 0.15) is 62.3 Å². The first kappa shape index (κ1) is 21.6. The molecule has 1 aromatic heterocycles. The predicted octanol–water partition coefficient (Wildman–Crippen LogP) is 5.78. The maximum Gasteiger partial charge on any atom is 0.225 e. The molecule has 1 saturated heterocycles. The van der Waals surface area contributed by atoms with Crippen molar-refractivity contribution in [2.45, 2.75) is 64.5 Å². The summed E-state index contributed by atoms with van der Waals surface area (Å²) < 4.78 is 0. The van der Waals surface area contributed by atoms with Crippen molar-refractivity contribution < 1.29 is 4.79 Å². The van der Waals surface area contributed by atoms with Crippen LogP contribution in [0.2, 0.25) is 0 Å². The summed E-state index contributed by atoms with van der Waals surface area (Å²) in [5.41, 5.74) is 1.43. The number of hydrogen-bond donors (Lipinski definition) is 0. The van der Waals surface area contributed by atoms with E-state index in [9.17, 15) is 4.79 Å². The third-order valence-electron chi connectivity index (χ3n) is 6.93. The van der Waals surface area contributed by atoms with Gasteiger partial charge in [0.05, 0.1) is 0 Å². The molecule has 162 valence electrons. The van der Waals surface area contributed by atoms with E-state index in [0.29, 0.717) is 23.8 Å². The SMILES string of the molecule is CC(C)C(=O)N(CC1CN(Cc2cccs2)CC1c1ccccc1)C1CCCCC1. The largest absolute Gasteiger partial charge is 0.339 e. The van der Waals surface area contributed by atoms with E-state index in [0.717, 1.165) is 26.2 Å². The van der Waals surface area contributed by atoms with Crippen molar-refractivity contribution in [2.75, 3.05) is 19.6 Å². The Morgan fingerprint density at radius 3 is 2.50 bits per heavy atom. The number of nitrogens with zero attached hydrogens (tertiary/aromatic N) is 2. The minimum Gasteiger partial charge on any atom is -0.339 e. The molecule has 1 aliphatic carbocycles. The lowest BCUT2D eigenvalue weighted by Crippen LogP contribution is -2.47. The van der Waals surface area contributed by atoms with Crippen LogP contribution in [0.5, 0.6) is 0 Å². The van der Waals surface area contributed by atoms with E-state index < -0.39 is 0 Å². The van der Waals surface area contributed by atoms with Crippen molar-refractivity contribution in [3.63, 3.8) is 0 Å². The first-order chi connectivity index (χ1) is 14.6. The van der Waals surface area contributed by atoms with Gasteiger partial charge in [0.15, 0.2) is 0 Å². The zero-order valence-corrected chi connectivity index (χ0v) is 19.3. The van der Waals surface area contributed by atoms with Gasteiger partial charge in [0.2, 0.25) is 5.91 Å². The number of hydrogen-bond acceptors (Lipinski definition) is 3. The summed E-state index contributed by atoms with van der Waals surface area (Å²) >= 11 is 1.85. The van der Waals surface area contributed by atoms with Gasteiger partial charge in [-0.15, -0.1) is 11.3 Å². The normalized spacial score (nSPS) is 23.2. The Bertz CT molecular complexity index is 783. The third kappa shape index (κ3) is 5.15. The van der Waals surface area contributed by atoms with Gasteiger partial charge in [-0.25, -0.2) is 0 Å². The lowest BCUT2D eigenvalue weighted by Gasteiger charge is -2.38. The summed E-state index contributed by atoms with van der Waals surface area (Å²) in [5, 5.41) is 2.17. The zero-order valence-electron chi connectivity index (χ0n) is 18.5. The highest BCUT2D eigenvalue weighted by Gasteiger charge is 2.38. The Kier molecular flexibility index (Phi) is 7.27. The average molecular weight is 425 g/mol. The van der Waals surface area contributed by atoms with Crippen molar-refractivity contribution in [3.05, 3.63) is 58.3 Å². The number of thiophene rings is 1. The van der Waals surface area contributed by atoms with Gasteiger partial charge < -0.3 is 4.90 Å². The van der Waals surface area contributed by atoms with E-state index in [1.54, 1.807) is 0 Å². The Labute approximate surface area is 186 Å². The molecule has 2 unspecified atom stereocenters. The molecule has 2 heterocycles. The van der Waals surface area contributed by atoms with Gasteiger partial charge in [0, 0.05) is 48.9 Å². The second kappa shape index (κ2) is 10.1. The lowest BCUT2D eigenvalue weighted by atomic mass is 9.86. The number of carbonyl (C=O) groups excluding carboxylic acids is 1. The lowest BCUT2D eigenvalue weighted by molar-refractivity contribution is -0.138. The number of benzene rings is 1. The minimum absolute atomic E-state index is 0.0747. The van der Waals surface area contributed by atoms with E-state index in [2.05, 4.69) is 71.5 Å². The highest BCUT2D eigenvalue weighted by atomic mass is 32.1. The quantitative estimate of drug-likeness (QED) is 0.562. The minimum atomic E-state index is 0.0747. The van der Waals surface area contributed by atoms with E-state index >= 15 is 0 Å². The van der Waals surface area contributed by atoms with Gasteiger partial charge in [-0.1, -0.05) is 69.5 Å². The topological polar surface area (TPSA) is 23.6 Å². The van der Waals surface area contributed by atoms with E-state index in [1.165, 1.54) is 42.5 Å². The van der Waals surface area contributed by atoms with Crippen molar-refractivity contribution >= 4 is 17.2 Å². The summed E-state index contributed by atoms with van der Waals surface area (Å²) in [6.07, 6.45) is 6.22. The molecular formula is C26H36N2OS. The molecule has 2 aromatic rings. The molecule has 4 heteroatoms. The number of amides is 1. The molecule has 0 N–H and O–H groups in total. The van der Waals surface area contributed by atoms with Crippen LogP contribution in [-0.4, -0.2) is 41.4 Å². The molecule has 0 spiro atoms. The average Bonchev–Trinajstić information content (AvgIpc) is 3.43. The van der Waals surface area contributed by atoms with Gasteiger partial charge in [-0.05, 0) is 35.8 Å². The zero-order chi connectivity index (χ0) is 20.9. The predicted molar refractivity (Wildman–Crippen MR) is 126 cm³/mol. The van der Waals surface area contributed by atoms with Crippen molar-refractivity contribution in [1.82, 2.24) is 9.80 Å². The first-order valence-corrected chi connectivity index (χ1v) is 12.6. The summed E-state index contributed by atoms with van der Waals surface area (Å²) in [5.74, 6) is 1.42. The number of carbonyl (C=O) groups is 1. The fourth-order valence-electron chi connectivity index (χ4n) is 5.37. The van der Waals surface area contributed by atoms with Crippen LogP contribution in [0.4, 0.5) is 0 Å². The van der Waals surface area contributed by atoms with Crippen LogP contribution in [0.25, 0.3) is 0 Å². The molecule has 0 bridgehead atoms. The smallest absolute Gasteiger partial charge is 0.225 e. The van der Waals surface area contributed by atoms with Crippen LogP contribution >= 0.6 is 11.3 Å². The van der Waals surface area contributed by atoms with Gasteiger partial charge in [0.25, 0.3) is 0 Å². The van der Waals surface area contributed by atoms with Crippen LogP contribution in [0.15, 0.2) is 47.8 Å². The number of rotatable bonds is 7. The highest BCUT2D eigenvalue weighted by molar-refractivity contribution is 7.09. The maximum atomic E-state index is 13.2. The summed E-state index contributed by atoms with van der Waals surface area (Å²) in [4.78, 5) is 19.6. The Morgan fingerprint density at radius 2 is 1.83 bits per heavy atom. The van der Waals surface area contributed by atoms with E-state index in [4.69, 9.17) is 0 Å². The van der Waals surface area contributed by atoms with Crippen LogP contribution in [0.3, 0.4) is 0 Å². The monoisotopic (exact) mass is 424 g/mol. The van der Waals surface area contributed by atoms with Crippen molar-refractivity contribution in [3.8, 4) is 0 Å². The molecule has 1 saturated carbocycles. The van der Waals surface area contributed by atoms with Crippen LogP contribution in [-0.2, 0) is 11.3 Å². The molecule has 3 nitrogen and oxygen atoms in total. The fraction of sp³-hybridized carbons (Fsp3) is 0.577.